The molecule has 0 spiro atoms. The molecule has 1 atom stereocenters. The number of carbonyl (C=O) groups excluding carboxylic acids is 1. The van der Waals surface area contributed by atoms with Gasteiger partial charge in [0.05, 0.1) is 6.10 Å². The van der Waals surface area contributed by atoms with Crippen molar-refractivity contribution in [3.05, 3.63) is 34.3 Å². The number of nitrogens with one attached hydrogen (secondary N) is 3. The van der Waals surface area contributed by atoms with Gasteiger partial charge in [-0.15, -0.1) is 24.0 Å². The lowest BCUT2D eigenvalue weighted by Gasteiger charge is -2.21. The van der Waals surface area contributed by atoms with Crippen LogP contribution in [0.2, 0.25) is 0 Å². The van der Waals surface area contributed by atoms with Crippen LogP contribution in [0.1, 0.15) is 37.6 Å². The van der Waals surface area contributed by atoms with Crippen LogP contribution in [-0.2, 0) is 4.74 Å². The maximum atomic E-state index is 12.1. The topological polar surface area (TPSA) is 74.8 Å². The number of aliphatic imine (C=N–C) groups is 1. The second-order valence-electron chi connectivity index (χ2n) is 6.22. The Labute approximate surface area is 188 Å². The van der Waals surface area contributed by atoms with Crippen molar-refractivity contribution in [3.63, 3.8) is 0 Å². The SMILES string of the molecule is CCOC(CCNC(=NC)NCCNC(=O)c1cccc(Br)c1)C(C)C.I. The largest absolute Gasteiger partial charge is 0.378 e. The molecule has 27 heavy (non-hydrogen) atoms. The molecule has 3 N–H and O–H groups in total. The number of amides is 1. The molecule has 1 amide bonds. The molecular formula is C19H32BrIN4O2. The fourth-order valence-electron chi connectivity index (χ4n) is 2.47. The van der Waals surface area contributed by atoms with E-state index in [1.165, 1.54) is 0 Å². The number of nitrogens with zero attached hydrogens (tertiary/aromatic N) is 1. The first kappa shape index (κ1) is 26.1. The zero-order valence-electron chi connectivity index (χ0n) is 16.5. The van der Waals surface area contributed by atoms with E-state index in [0.29, 0.717) is 24.6 Å². The van der Waals surface area contributed by atoms with Crippen molar-refractivity contribution in [2.24, 2.45) is 10.9 Å². The summed E-state index contributed by atoms with van der Waals surface area (Å²) in [5.74, 6) is 1.12. The van der Waals surface area contributed by atoms with Gasteiger partial charge in [-0.1, -0.05) is 35.8 Å². The lowest BCUT2D eigenvalue weighted by atomic mass is 10.0. The molecule has 0 aromatic heterocycles. The average Bonchev–Trinajstić information content (AvgIpc) is 2.62. The molecule has 6 nitrogen and oxygen atoms in total. The first-order valence-corrected chi connectivity index (χ1v) is 9.87. The number of benzene rings is 1. The van der Waals surface area contributed by atoms with Crippen molar-refractivity contribution in [2.75, 3.05) is 33.3 Å². The van der Waals surface area contributed by atoms with Crippen LogP contribution in [0.15, 0.2) is 33.7 Å². The third-order valence-corrected chi connectivity index (χ3v) is 4.35. The summed E-state index contributed by atoms with van der Waals surface area (Å²) in [6, 6.07) is 7.32. The molecule has 1 unspecified atom stereocenters. The summed E-state index contributed by atoms with van der Waals surface area (Å²) in [6.07, 6.45) is 1.17. The summed E-state index contributed by atoms with van der Waals surface area (Å²) in [4.78, 5) is 16.3. The van der Waals surface area contributed by atoms with Gasteiger partial charge in [0.25, 0.3) is 5.91 Å². The number of ether oxygens (including phenoxy) is 1. The summed E-state index contributed by atoms with van der Waals surface area (Å²) in [5, 5.41) is 9.36. The van der Waals surface area contributed by atoms with Crippen molar-refractivity contribution in [1.82, 2.24) is 16.0 Å². The Morgan fingerprint density at radius 2 is 1.85 bits per heavy atom. The molecule has 0 saturated carbocycles. The van der Waals surface area contributed by atoms with Crippen LogP contribution in [-0.4, -0.2) is 51.3 Å². The highest BCUT2D eigenvalue weighted by Gasteiger charge is 2.13. The van der Waals surface area contributed by atoms with Gasteiger partial charge in [-0.05, 0) is 37.5 Å². The quantitative estimate of drug-likeness (QED) is 0.179. The smallest absolute Gasteiger partial charge is 0.251 e. The third-order valence-electron chi connectivity index (χ3n) is 3.86. The second kappa shape index (κ2) is 15.1. The van der Waals surface area contributed by atoms with Gasteiger partial charge in [-0.25, -0.2) is 0 Å². The van der Waals surface area contributed by atoms with Crippen LogP contribution in [0, 0.1) is 5.92 Å². The second-order valence-corrected chi connectivity index (χ2v) is 7.13. The van der Waals surface area contributed by atoms with Crippen molar-refractivity contribution in [2.45, 2.75) is 33.3 Å². The summed E-state index contributed by atoms with van der Waals surface area (Å²) < 4.78 is 6.63. The van der Waals surface area contributed by atoms with E-state index in [9.17, 15) is 4.79 Å². The van der Waals surface area contributed by atoms with Gasteiger partial charge in [0.1, 0.15) is 0 Å². The predicted octanol–water partition coefficient (Wildman–Crippen LogP) is 3.41. The number of halogens is 2. The molecular weight excluding hydrogens is 523 g/mol. The maximum Gasteiger partial charge on any atom is 0.251 e. The first-order valence-electron chi connectivity index (χ1n) is 9.07. The van der Waals surface area contributed by atoms with Crippen LogP contribution < -0.4 is 16.0 Å². The minimum Gasteiger partial charge on any atom is -0.378 e. The van der Waals surface area contributed by atoms with Crippen LogP contribution in [0.4, 0.5) is 0 Å². The van der Waals surface area contributed by atoms with Crippen LogP contribution in [0.25, 0.3) is 0 Å². The van der Waals surface area contributed by atoms with E-state index in [0.717, 1.165) is 30.0 Å². The van der Waals surface area contributed by atoms with Crippen molar-refractivity contribution in [3.8, 4) is 0 Å². The molecule has 0 heterocycles. The Kier molecular flexibility index (Phi) is 14.6. The maximum absolute atomic E-state index is 12.1. The number of carbonyl (C=O) groups is 1. The standard InChI is InChI=1S/C19H31BrN4O2.HI/c1-5-26-17(14(2)3)9-10-23-19(21-4)24-12-11-22-18(25)15-7-6-8-16(20)13-15;/h6-8,13-14,17H,5,9-12H2,1-4H3,(H,22,25)(H2,21,23,24);1H. The van der Waals surface area contributed by atoms with Crippen molar-refractivity contribution in [1.29, 1.82) is 0 Å². The predicted molar refractivity (Wildman–Crippen MR) is 126 cm³/mol. The highest BCUT2D eigenvalue weighted by atomic mass is 127. The van der Waals surface area contributed by atoms with Gasteiger partial charge >= 0.3 is 0 Å². The molecule has 154 valence electrons. The number of guanidine groups is 1. The van der Waals surface area contributed by atoms with Gasteiger partial charge in [-0.2, -0.15) is 0 Å². The van der Waals surface area contributed by atoms with Crippen LogP contribution in [0.5, 0.6) is 0 Å². The van der Waals surface area contributed by atoms with Gasteiger partial charge < -0.3 is 20.7 Å². The Hall–Kier alpha value is -0.870. The van der Waals surface area contributed by atoms with E-state index in [4.69, 9.17) is 4.74 Å². The minimum absolute atomic E-state index is 0. The van der Waals surface area contributed by atoms with Crippen molar-refractivity contribution >= 4 is 51.8 Å². The van der Waals surface area contributed by atoms with Gasteiger partial charge in [0, 0.05) is 43.3 Å². The number of rotatable bonds is 10. The van der Waals surface area contributed by atoms with Gasteiger partial charge in [0.2, 0.25) is 0 Å². The summed E-state index contributed by atoms with van der Waals surface area (Å²) in [6.45, 7) is 8.98. The molecule has 0 radical (unpaired) electrons. The average molecular weight is 555 g/mol. The normalized spacial score (nSPS) is 12.3. The molecule has 1 rings (SSSR count). The molecule has 0 aliphatic carbocycles. The molecule has 0 saturated heterocycles. The fourth-order valence-corrected chi connectivity index (χ4v) is 2.86. The van der Waals surface area contributed by atoms with Crippen LogP contribution >= 0.6 is 39.9 Å². The Bertz CT molecular complexity index is 585. The zero-order valence-corrected chi connectivity index (χ0v) is 20.5. The Morgan fingerprint density at radius 3 is 2.44 bits per heavy atom. The highest BCUT2D eigenvalue weighted by molar-refractivity contribution is 14.0. The first-order chi connectivity index (χ1) is 12.5. The van der Waals surface area contributed by atoms with E-state index >= 15 is 0 Å². The molecule has 0 fully saturated rings. The molecule has 1 aromatic rings. The summed E-state index contributed by atoms with van der Waals surface area (Å²) in [5.41, 5.74) is 0.637. The molecule has 1 aromatic carbocycles. The Morgan fingerprint density at radius 1 is 1.19 bits per heavy atom. The van der Waals surface area contributed by atoms with E-state index in [-0.39, 0.29) is 36.0 Å². The van der Waals surface area contributed by atoms with Crippen molar-refractivity contribution < 1.29 is 9.53 Å². The summed E-state index contributed by atoms with van der Waals surface area (Å²) >= 11 is 3.37. The van der Waals surface area contributed by atoms with Gasteiger partial charge in [0.15, 0.2) is 5.96 Å². The molecule has 8 heteroatoms. The number of hydrogen-bond donors (Lipinski definition) is 3. The Balaban J connectivity index is 0.00000676. The van der Waals surface area contributed by atoms with Gasteiger partial charge in [-0.3, -0.25) is 9.79 Å². The fraction of sp³-hybridized carbons (Fsp3) is 0.579. The number of hydrogen-bond acceptors (Lipinski definition) is 3. The molecule has 0 aliphatic heterocycles. The van der Waals surface area contributed by atoms with E-state index < -0.39 is 0 Å². The van der Waals surface area contributed by atoms with E-state index in [1.807, 2.05) is 19.1 Å². The molecule has 0 bridgehead atoms. The van der Waals surface area contributed by atoms with Crippen LogP contribution in [0.3, 0.4) is 0 Å². The third kappa shape index (κ3) is 10.9. The lowest BCUT2D eigenvalue weighted by Crippen LogP contribution is -2.42. The molecule has 0 aliphatic rings. The monoisotopic (exact) mass is 554 g/mol. The van der Waals surface area contributed by atoms with E-state index in [1.54, 1.807) is 19.2 Å². The lowest BCUT2D eigenvalue weighted by molar-refractivity contribution is 0.0258. The summed E-state index contributed by atoms with van der Waals surface area (Å²) in [7, 11) is 1.73. The zero-order chi connectivity index (χ0) is 19.4. The highest BCUT2D eigenvalue weighted by Crippen LogP contribution is 2.11. The van der Waals surface area contributed by atoms with E-state index in [2.05, 4.69) is 50.7 Å². The minimum atomic E-state index is -0.0902.